The highest BCUT2D eigenvalue weighted by molar-refractivity contribution is 7.92. The first-order valence-corrected chi connectivity index (χ1v) is 9.22. The van der Waals surface area contributed by atoms with Gasteiger partial charge in [0.15, 0.2) is 0 Å². The van der Waals surface area contributed by atoms with Crippen LogP contribution in [0, 0.1) is 25.2 Å². The molecular weight excluding hydrogens is 324 g/mol. The summed E-state index contributed by atoms with van der Waals surface area (Å²) in [5.41, 5.74) is 2.65. The lowest BCUT2D eigenvalue weighted by atomic mass is 10.1. The third kappa shape index (κ3) is 3.60. The molecule has 0 amide bonds. The smallest absolute Gasteiger partial charge is 0.267 e. The van der Waals surface area contributed by atoms with Gasteiger partial charge >= 0.3 is 0 Å². The fourth-order valence-electron chi connectivity index (χ4n) is 2.28. The monoisotopic (exact) mass is 346 g/mol. The maximum absolute atomic E-state index is 13.0. The average Bonchev–Trinajstić information content (AvgIpc) is 3.02. The summed E-state index contributed by atoms with van der Waals surface area (Å²) in [6.07, 6.45) is 3.00. The Morgan fingerprint density at radius 1 is 1.29 bits per heavy atom. The normalized spacial score (nSPS) is 11.5. The molecule has 1 heterocycles. The number of benzene rings is 1. The molecule has 0 radical (unpaired) electrons. The van der Waals surface area contributed by atoms with Crippen LogP contribution in [0.4, 0.5) is 5.69 Å². The number of hydrogen-bond acceptors (Lipinski definition) is 4. The van der Waals surface area contributed by atoms with E-state index in [1.54, 1.807) is 10.7 Å². The molecule has 2 aromatic rings. The van der Waals surface area contributed by atoms with Crippen LogP contribution in [0.5, 0.6) is 0 Å². The van der Waals surface area contributed by atoms with Gasteiger partial charge in [0.1, 0.15) is 4.90 Å². The third-order valence-corrected chi connectivity index (χ3v) is 5.68. The second-order valence-corrected chi connectivity index (χ2v) is 7.87. The second-order valence-electron chi connectivity index (χ2n) is 6.00. The SMILES string of the molecule is Cc1ccc(N(CCC#N)S(=O)(=O)c2cnn(C(C)C)c2)cc1C. The zero-order chi connectivity index (χ0) is 17.9. The van der Waals surface area contributed by atoms with E-state index in [9.17, 15) is 8.42 Å². The molecule has 0 aliphatic carbocycles. The molecule has 0 N–H and O–H groups in total. The van der Waals surface area contributed by atoms with Gasteiger partial charge in [-0.2, -0.15) is 10.4 Å². The Hall–Kier alpha value is -2.33. The molecule has 6 nitrogen and oxygen atoms in total. The predicted octanol–water partition coefficient (Wildman–Crippen LogP) is 3.19. The zero-order valence-corrected chi connectivity index (χ0v) is 15.2. The summed E-state index contributed by atoms with van der Waals surface area (Å²) in [6, 6.07) is 7.57. The molecule has 2 rings (SSSR count). The van der Waals surface area contributed by atoms with Crippen LogP contribution in [-0.4, -0.2) is 24.7 Å². The lowest BCUT2D eigenvalue weighted by molar-refractivity contribution is 0.531. The number of hydrogen-bond donors (Lipinski definition) is 0. The summed E-state index contributed by atoms with van der Waals surface area (Å²) in [5, 5.41) is 13.0. The molecule has 128 valence electrons. The molecule has 1 aromatic carbocycles. The molecule has 0 unspecified atom stereocenters. The van der Waals surface area contributed by atoms with Gasteiger partial charge in [-0.05, 0) is 51.0 Å². The fraction of sp³-hybridized carbons (Fsp3) is 0.412. The van der Waals surface area contributed by atoms with Gasteiger partial charge in [0, 0.05) is 18.8 Å². The van der Waals surface area contributed by atoms with Crippen LogP contribution in [0.1, 0.15) is 37.4 Å². The minimum absolute atomic E-state index is 0.0723. The number of nitrogens with zero attached hydrogens (tertiary/aromatic N) is 4. The van der Waals surface area contributed by atoms with Gasteiger partial charge in [-0.25, -0.2) is 8.42 Å². The standard InChI is InChI=1S/C17H22N4O2S/c1-13(2)20-12-17(11-19-20)24(22,23)21(9-5-8-18)16-7-6-14(3)15(4)10-16/h6-7,10-13H,5,9H2,1-4H3. The highest BCUT2D eigenvalue weighted by atomic mass is 32.2. The van der Waals surface area contributed by atoms with Crippen molar-refractivity contribution in [3.05, 3.63) is 41.7 Å². The van der Waals surface area contributed by atoms with Crippen molar-refractivity contribution < 1.29 is 8.42 Å². The van der Waals surface area contributed by atoms with Crippen molar-refractivity contribution in [3.8, 4) is 6.07 Å². The van der Waals surface area contributed by atoms with Crippen LogP contribution in [0.3, 0.4) is 0 Å². The Morgan fingerprint density at radius 2 is 2.00 bits per heavy atom. The minimum atomic E-state index is -3.77. The second kappa shape index (κ2) is 7.05. The molecule has 24 heavy (non-hydrogen) atoms. The van der Waals surface area contributed by atoms with E-state index in [4.69, 9.17) is 5.26 Å². The Labute approximate surface area is 143 Å². The van der Waals surface area contributed by atoms with Gasteiger partial charge < -0.3 is 0 Å². The molecule has 0 spiro atoms. The Morgan fingerprint density at radius 3 is 2.54 bits per heavy atom. The molecule has 0 bridgehead atoms. The van der Waals surface area contributed by atoms with Crippen LogP contribution in [0.25, 0.3) is 0 Å². The minimum Gasteiger partial charge on any atom is -0.269 e. The van der Waals surface area contributed by atoms with Crippen LogP contribution < -0.4 is 4.31 Å². The Bertz CT molecular complexity index is 863. The van der Waals surface area contributed by atoms with E-state index in [1.807, 2.05) is 45.9 Å². The fourth-order valence-corrected chi connectivity index (χ4v) is 3.68. The highest BCUT2D eigenvalue weighted by Crippen LogP contribution is 2.26. The van der Waals surface area contributed by atoms with Crippen molar-refractivity contribution in [3.63, 3.8) is 0 Å². The zero-order valence-electron chi connectivity index (χ0n) is 14.4. The number of rotatable bonds is 6. The van der Waals surface area contributed by atoms with Gasteiger partial charge in [0.25, 0.3) is 10.0 Å². The number of anilines is 1. The maximum atomic E-state index is 13.0. The van der Waals surface area contributed by atoms with Gasteiger partial charge in [0.05, 0.1) is 24.4 Å². The third-order valence-electron chi connectivity index (χ3n) is 3.90. The van der Waals surface area contributed by atoms with Crippen LogP contribution in [0.15, 0.2) is 35.5 Å². The van der Waals surface area contributed by atoms with Crippen molar-refractivity contribution in [2.24, 2.45) is 0 Å². The lowest BCUT2D eigenvalue weighted by Crippen LogP contribution is -2.31. The predicted molar refractivity (Wildman–Crippen MR) is 93.3 cm³/mol. The van der Waals surface area contributed by atoms with Crippen molar-refractivity contribution in [1.29, 1.82) is 5.26 Å². The van der Waals surface area contributed by atoms with Crippen LogP contribution >= 0.6 is 0 Å². The molecule has 0 saturated heterocycles. The highest BCUT2D eigenvalue weighted by Gasteiger charge is 2.26. The molecule has 0 aliphatic heterocycles. The van der Waals surface area contributed by atoms with E-state index < -0.39 is 10.0 Å². The molecule has 0 atom stereocenters. The summed E-state index contributed by atoms with van der Waals surface area (Å²) < 4.78 is 29.0. The first-order chi connectivity index (χ1) is 11.3. The Balaban J connectivity index is 2.48. The van der Waals surface area contributed by atoms with E-state index in [0.717, 1.165) is 11.1 Å². The van der Waals surface area contributed by atoms with Crippen molar-refractivity contribution in [2.75, 3.05) is 10.8 Å². The lowest BCUT2D eigenvalue weighted by Gasteiger charge is -2.23. The van der Waals surface area contributed by atoms with E-state index in [-0.39, 0.29) is 23.9 Å². The molecule has 0 aliphatic rings. The first kappa shape index (κ1) is 18.0. The summed E-state index contributed by atoms with van der Waals surface area (Å²) in [4.78, 5) is 0.132. The van der Waals surface area contributed by atoms with Crippen molar-refractivity contribution in [1.82, 2.24) is 9.78 Å². The number of sulfonamides is 1. The molecular formula is C17H22N4O2S. The van der Waals surface area contributed by atoms with Crippen molar-refractivity contribution in [2.45, 2.75) is 45.1 Å². The molecule has 1 aromatic heterocycles. The van der Waals surface area contributed by atoms with Crippen molar-refractivity contribution >= 4 is 15.7 Å². The van der Waals surface area contributed by atoms with E-state index in [1.165, 1.54) is 16.7 Å². The summed E-state index contributed by atoms with van der Waals surface area (Å²) in [6.45, 7) is 7.87. The number of nitriles is 1. The number of aromatic nitrogens is 2. The van der Waals surface area contributed by atoms with Gasteiger partial charge in [0.2, 0.25) is 0 Å². The molecule has 0 saturated carbocycles. The number of aryl methyl sites for hydroxylation is 2. The Kier molecular flexibility index (Phi) is 5.30. The molecule has 0 fully saturated rings. The van der Waals surface area contributed by atoms with E-state index >= 15 is 0 Å². The van der Waals surface area contributed by atoms with Crippen LogP contribution in [-0.2, 0) is 10.0 Å². The van der Waals surface area contributed by atoms with Gasteiger partial charge in [-0.15, -0.1) is 0 Å². The first-order valence-electron chi connectivity index (χ1n) is 7.78. The van der Waals surface area contributed by atoms with E-state index in [0.29, 0.717) is 5.69 Å². The van der Waals surface area contributed by atoms with Gasteiger partial charge in [-0.1, -0.05) is 6.07 Å². The van der Waals surface area contributed by atoms with E-state index in [2.05, 4.69) is 5.10 Å². The summed E-state index contributed by atoms with van der Waals surface area (Å²) >= 11 is 0. The van der Waals surface area contributed by atoms with Crippen LogP contribution in [0.2, 0.25) is 0 Å². The maximum Gasteiger partial charge on any atom is 0.267 e. The molecule has 7 heteroatoms. The van der Waals surface area contributed by atoms with Gasteiger partial charge in [-0.3, -0.25) is 8.99 Å². The largest absolute Gasteiger partial charge is 0.269 e. The topological polar surface area (TPSA) is 79.0 Å². The summed E-state index contributed by atoms with van der Waals surface area (Å²) in [7, 11) is -3.77. The summed E-state index contributed by atoms with van der Waals surface area (Å²) in [5.74, 6) is 0. The quantitative estimate of drug-likeness (QED) is 0.804. The average molecular weight is 346 g/mol.